The second-order valence-electron chi connectivity index (χ2n) is 4.84. The first kappa shape index (κ1) is 15.4. The number of hydrogen-bond donors (Lipinski definition) is 2. The lowest BCUT2D eigenvalue weighted by atomic mass is 10.2. The van der Waals surface area contributed by atoms with E-state index in [1.54, 1.807) is 11.3 Å². The topological polar surface area (TPSA) is 68.0 Å². The molecule has 1 aromatic heterocycles. The smallest absolute Gasteiger partial charge is 0.220 e. The Hall–Kier alpha value is -0.980. The van der Waals surface area contributed by atoms with Crippen LogP contribution in [0.4, 0.5) is 0 Å². The second kappa shape index (κ2) is 7.15. The van der Waals surface area contributed by atoms with Gasteiger partial charge < -0.3 is 11.1 Å². The molecule has 1 amide bonds. The molecule has 2 aromatic rings. The molecule has 0 aliphatic heterocycles. The summed E-state index contributed by atoms with van der Waals surface area (Å²) in [4.78, 5) is 16.2. The number of nitrogens with zero attached hydrogens (tertiary/aromatic N) is 1. The van der Waals surface area contributed by atoms with Gasteiger partial charge in [0.15, 0.2) is 0 Å². The monoisotopic (exact) mass is 355 g/mol. The summed E-state index contributed by atoms with van der Waals surface area (Å²) < 4.78 is 2.18. The van der Waals surface area contributed by atoms with Crippen molar-refractivity contribution in [2.24, 2.45) is 5.73 Å². The number of nitrogens with one attached hydrogen (secondary N) is 1. The van der Waals surface area contributed by atoms with E-state index >= 15 is 0 Å². The second-order valence-corrected chi connectivity index (χ2v) is 6.87. The van der Waals surface area contributed by atoms with Gasteiger partial charge in [0.1, 0.15) is 0 Å². The molecule has 1 atom stereocenters. The Labute approximate surface area is 130 Å². The molecule has 4 nitrogen and oxygen atoms in total. The molecule has 20 heavy (non-hydrogen) atoms. The fourth-order valence-corrected chi connectivity index (χ4v) is 3.10. The molecule has 1 unspecified atom stereocenters. The molecule has 0 aliphatic carbocycles. The van der Waals surface area contributed by atoms with Crippen molar-refractivity contribution in [3.8, 4) is 0 Å². The van der Waals surface area contributed by atoms with E-state index < -0.39 is 0 Å². The summed E-state index contributed by atoms with van der Waals surface area (Å²) in [5, 5.41) is 3.88. The lowest BCUT2D eigenvalue weighted by Gasteiger charge is -2.06. The Bertz CT molecular complexity index is 597. The van der Waals surface area contributed by atoms with E-state index in [1.807, 2.05) is 25.1 Å². The minimum atomic E-state index is 0.0612. The highest BCUT2D eigenvalue weighted by Crippen LogP contribution is 2.25. The first-order chi connectivity index (χ1) is 9.54. The van der Waals surface area contributed by atoms with E-state index in [0.717, 1.165) is 26.1 Å². The van der Waals surface area contributed by atoms with Crippen molar-refractivity contribution in [2.75, 3.05) is 6.54 Å². The maximum atomic E-state index is 11.7. The van der Waals surface area contributed by atoms with E-state index in [4.69, 9.17) is 5.73 Å². The number of halogens is 1. The van der Waals surface area contributed by atoms with Gasteiger partial charge in [0.2, 0.25) is 5.91 Å². The molecular formula is C14H18BrN3OS. The fourth-order valence-electron chi connectivity index (χ4n) is 1.80. The van der Waals surface area contributed by atoms with Crippen molar-refractivity contribution >= 4 is 43.4 Å². The van der Waals surface area contributed by atoms with Gasteiger partial charge in [-0.25, -0.2) is 4.98 Å². The van der Waals surface area contributed by atoms with Crippen molar-refractivity contribution in [3.63, 3.8) is 0 Å². The van der Waals surface area contributed by atoms with E-state index in [0.29, 0.717) is 19.4 Å². The molecule has 0 saturated heterocycles. The highest BCUT2D eigenvalue weighted by atomic mass is 79.9. The molecule has 2 rings (SSSR count). The van der Waals surface area contributed by atoms with Gasteiger partial charge in [0.05, 0.1) is 15.2 Å². The Balaban J connectivity index is 1.84. The first-order valence-corrected chi connectivity index (χ1v) is 8.23. The zero-order chi connectivity index (χ0) is 14.5. The standard InChI is InChI=1S/C14H18BrN3OS/c1-9(16)6-7-17-13(19)4-5-14-18-11-8-10(15)2-3-12(11)20-14/h2-3,8-9H,4-7,16H2,1H3,(H,17,19). The summed E-state index contributed by atoms with van der Waals surface area (Å²) in [5.74, 6) is 0.0612. The summed E-state index contributed by atoms with van der Waals surface area (Å²) in [6.45, 7) is 2.58. The van der Waals surface area contributed by atoms with E-state index in [-0.39, 0.29) is 11.9 Å². The van der Waals surface area contributed by atoms with Crippen LogP contribution in [0.5, 0.6) is 0 Å². The number of aromatic nitrogens is 1. The van der Waals surface area contributed by atoms with Crippen molar-refractivity contribution in [2.45, 2.75) is 32.2 Å². The maximum absolute atomic E-state index is 11.7. The third kappa shape index (κ3) is 4.54. The predicted molar refractivity (Wildman–Crippen MR) is 86.9 cm³/mol. The van der Waals surface area contributed by atoms with Gasteiger partial charge in [-0.1, -0.05) is 15.9 Å². The van der Waals surface area contributed by atoms with Crippen LogP contribution >= 0.6 is 27.3 Å². The fraction of sp³-hybridized carbons (Fsp3) is 0.429. The average molecular weight is 356 g/mol. The molecule has 0 bridgehead atoms. The molecule has 108 valence electrons. The van der Waals surface area contributed by atoms with Crippen LogP contribution in [-0.2, 0) is 11.2 Å². The van der Waals surface area contributed by atoms with Crippen molar-refractivity contribution in [3.05, 3.63) is 27.7 Å². The van der Waals surface area contributed by atoms with Crippen LogP contribution in [0.25, 0.3) is 10.2 Å². The van der Waals surface area contributed by atoms with Gasteiger partial charge in [0, 0.05) is 29.9 Å². The number of benzene rings is 1. The quantitative estimate of drug-likeness (QED) is 0.836. The van der Waals surface area contributed by atoms with Crippen LogP contribution < -0.4 is 11.1 Å². The van der Waals surface area contributed by atoms with E-state index in [9.17, 15) is 4.79 Å². The van der Waals surface area contributed by atoms with Gasteiger partial charge in [-0.15, -0.1) is 11.3 Å². The summed E-state index contributed by atoms with van der Waals surface area (Å²) in [6.07, 6.45) is 1.96. The zero-order valence-electron chi connectivity index (χ0n) is 11.4. The minimum Gasteiger partial charge on any atom is -0.356 e. The molecule has 0 fully saturated rings. The van der Waals surface area contributed by atoms with Gasteiger partial charge in [-0.05, 0) is 31.5 Å². The van der Waals surface area contributed by atoms with Crippen molar-refractivity contribution in [1.29, 1.82) is 0 Å². The molecule has 1 aromatic carbocycles. The molecule has 0 saturated carbocycles. The minimum absolute atomic E-state index is 0.0612. The molecular weight excluding hydrogens is 338 g/mol. The molecule has 3 N–H and O–H groups in total. The van der Waals surface area contributed by atoms with Crippen LogP contribution in [0.2, 0.25) is 0 Å². The predicted octanol–water partition coefficient (Wildman–Crippen LogP) is 2.84. The molecule has 6 heteroatoms. The van der Waals surface area contributed by atoms with Gasteiger partial charge in [0.25, 0.3) is 0 Å². The SMILES string of the molecule is CC(N)CCNC(=O)CCc1nc2cc(Br)ccc2s1. The summed E-state index contributed by atoms with van der Waals surface area (Å²) in [7, 11) is 0. The number of hydrogen-bond acceptors (Lipinski definition) is 4. The summed E-state index contributed by atoms with van der Waals surface area (Å²) >= 11 is 5.08. The first-order valence-electron chi connectivity index (χ1n) is 6.62. The Morgan fingerprint density at radius 1 is 1.55 bits per heavy atom. The van der Waals surface area contributed by atoms with Crippen LogP contribution in [0.1, 0.15) is 24.8 Å². The van der Waals surface area contributed by atoms with Gasteiger partial charge in [-0.2, -0.15) is 0 Å². The summed E-state index contributed by atoms with van der Waals surface area (Å²) in [6, 6.07) is 6.17. The molecule has 0 aliphatic rings. The zero-order valence-corrected chi connectivity index (χ0v) is 13.8. The van der Waals surface area contributed by atoms with Crippen LogP contribution in [-0.4, -0.2) is 23.5 Å². The highest BCUT2D eigenvalue weighted by Gasteiger charge is 2.07. The van der Waals surface area contributed by atoms with E-state index in [1.165, 1.54) is 0 Å². The number of carbonyl (C=O) groups excluding carboxylic acids is 1. The maximum Gasteiger partial charge on any atom is 0.220 e. The lowest BCUT2D eigenvalue weighted by Crippen LogP contribution is -2.29. The largest absolute Gasteiger partial charge is 0.356 e. The lowest BCUT2D eigenvalue weighted by molar-refractivity contribution is -0.121. The molecule has 0 spiro atoms. The molecule has 1 heterocycles. The average Bonchev–Trinajstić information content (AvgIpc) is 2.77. The molecule has 0 radical (unpaired) electrons. The van der Waals surface area contributed by atoms with Gasteiger partial charge in [-0.3, -0.25) is 4.79 Å². The van der Waals surface area contributed by atoms with Crippen LogP contribution in [0, 0.1) is 0 Å². The van der Waals surface area contributed by atoms with Crippen molar-refractivity contribution < 1.29 is 4.79 Å². The number of rotatable bonds is 6. The summed E-state index contributed by atoms with van der Waals surface area (Å²) in [5.41, 5.74) is 6.62. The van der Waals surface area contributed by atoms with Crippen LogP contribution in [0.15, 0.2) is 22.7 Å². The third-order valence-corrected chi connectivity index (χ3v) is 4.47. The Morgan fingerprint density at radius 3 is 3.10 bits per heavy atom. The number of nitrogens with two attached hydrogens (primary N) is 1. The van der Waals surface area contributed by atoms with Gasteiger partial charge >= 0.3 is 0 Å². The Kier molecular flexibility index (Phi) is 5.51. The van der Waals surface area contributed by atoms with E-state index in [2.05, 4.69) is 26.2 Å². The third-order valence-electron chi connectivity index (χ3n) is 2.88. The number of fused-ring (bicyclic) bond motifs is 1. The number of amides is 1. The number of carbonyl (C=O) groups is 1. The number of aryl methyl sites for hydroxylation is 1. The Morgan fingerprint density at radius 2 is 2.35 bits per heavy atom. The van der Waals surface area contributed by atoms with Crippen molar-refractivity contribution in [1.82, 2.24) is 10.3 Å². The number of thiazole rings is 1. The highest BCUT2D eigenvalue weighted by molar-refractivity contribution is 9.10. The normalized spacial score (nSPS) is 12.6. The van der Waals surface area contributed by atoms with Crippen LogP contribution in [0.3, 0.4) is 0 Å².